The zero-order valence-electron chi connectivity index (χ0n) is 5.74. The third-order valence-corrected chi connectivity index (χ3v) is 0.989. The van der Waals surface area contributed by atoms with E-state index >= 15 is 0 Å². The zero-order chi connectivity index (χ0) is 7.28. The number of nitrogens with two attached hydrogens (primary N) is 1. The van der Waals surface area contributed by atoms with Gasteiger partial charge in [-0.1, -0.05) is 0 Å². The largest absolute Gasteiger partial charge is 0.479 e. The average Bonchev–Trinajstić information content (AvgIpc) is 1.82. The van der Waals surface area contributed by atoms with E-state index in [1.165, 1.54) is 7.11 Å². The van der Waals surface area contributed by atoms with Crippen molar-refractivity contribution in [2.45, 2.75) is 12.5 Å². The van der Waals surface area contributed by atoms with Crippen LogP contribution in [0, 0.1) is 0 Å². The molecule has 0 radical (unpaired) electrons. The summed E-state index contributed by atoms with van der Waals surface area (Å²) in [4.78, 5) is 10.1. The number of aliphatic carboxylic acids is 1. The Hall–Kier alpha value is -0.320. The molecule has 0 spiro atoms. The van der Waals surface area contributed by atoms with E-state index in [1.807, 2.05) is 0 Å². The molecular formula is C5H12ClNO3. The summed E-state index contributed by atoms with van der Waals surface area (Å²) in [7, 11) is 1.36. The van der Waals surface area contributed by atoms with Gasteiger partial charge in [-0.2, -0.15) is 0 Å². The van der Waals surface area contributed by atoms with Gasteiger partial charge in [-0.3, -0.25) is 0 Å². The van der Waals surface area contributed by atoms with E-state index in [0.29, 0.717) is 13.0 Å². The molecular weight excluding hydrogens is 158 g/mol. The van der Waals surface area contributed by atoms with Crippen molar-refractivity contribution < 1.29 is 14.6 Å². The molecule has 0 fully saturated rings. The van der Waals surface area contributed by atoms with Gasteiger partial charge in [0, 0.05) is 7.11 Å². The Balaban J connectivity index is 0. The fraction of sp³-hybridized carbons (Fsp3) is 0.800. The quantitative estimate of drug-likeness (QED) is 0.614. The van der Waals surface area contributed by atoms with Crippen LogP contribution in [0.1, 0.15) is 6.42 Å². The van der Waals surface area contributed by atoms with Crippen LogP contribution in [0.5, 0.6) is 0 Å². The molecule has 0 aliphatic carbocycles. The second kappa shape index (κ2) is 6.80. The number of carboxylic acids is 1. The third kappa shape index (κ3) is 4.55. The molecule has 10 heavy (non-hydrogen) atoms. The maximum atomic E-state index is 10.1. The van der Waals surface area contributed by atoms with Gasteiger partial charge in [0.25, 0.3) is 0 Å². The molecule has 0 rings (SSSR count). The van der Waals surface area contributed by atoms with Crippen LogP contribution in [-0.4, -0.2) is 30.8 Å². The van der Waals surface area contributed by atoms with Gasteiger partial charge < -0.3 is 15.6 Å². The Morgan fingerprint density at radius 2 is 2.30 bits per heavy atom. The first-order chi connectivity index (χ1) is 4.22. The predicted octanol–water partition coefficient (Wildman–Crippen LogP) is -0.143. The van der Waals surface area contributed by atoms with Gasteiger partial charge in [0.2, 0.25) is 0 Å². The maximum absolute atomic E-state index is 10.1. The van der Waals surface area contributed by atoms with Crippen molar-refractivity contribution in [2.75, 3.05) is 13.7 Å². The van der Waals surface area contributed by atoms with Crippen molar-refractivity contribution in [3.63, 3.8) is 0 Å². The van der Waals surface area contributed by atoms with Crippen LogP contribution in [0.2, 0.25) is 0 Å². The van der Waals surface area contributed by atoms with Crippen LogP contribution in [0.25, 0.3) is 0 Å². The molecule has 0 bridgehead atoms. The average molecular weight is 170 g/mol. The molecule has 0 saturated heterocycles. The Kier molecular flexibility index (Phi) is 8.40. The van der Waals surface area contributed by atoms with Crippen LogP contribution < -0.4 is 5.73 Å². The number of ether oxygens (including phenoxy) is 1. The van der Waals surface area contributed by atoms with Crippen LogP contribution >= 0.6 is 12.4 Å². The van der Waals surface area contributed by atoms with Crippen molar-refractivity contribution in [1.29, 1.82) is 0 Å². The monoisotopic (exact) mass is 169 g/mol. The lowest BCUT2D eigenvalue weighted by molar-refractivity contribution is -0.148. The standard InChI is InChI=1S/C5H11NO3.ClH/c1-9-4(2-3-6)5(7)8;/h4H,2-3,6H2,1H3,(H,7,8);1H/t4-;/m1./s1. The molecule has 0 unspecified atom stereocenters. The van der Waals surface area contributed by atoms with Crippen LogP contribution in [-0.2, 0) is 9.53 Å². The molecule has 0 amide bonds. The van der Waals surface area contributed by atoms with Crippen LogP contribution in [0.4, 0.5) is 0 Å². The summed E-state index contributed by atoms with van der Waals surface area (Å²) < 4.78 is 4.57. The third-order valence-electron chi connectivity index (χ3n) is 0.989. The number of rotatable bonds is 4. The van der Waals surface area contributed by atoms with E-state index in [4.69, 9.17) is 10.8 Å². The van der Waals surface area contributed by atoms with Gasteiger partial charge in [0.05, 0.1) is 0 Å². The number of carbonyl (C=O) groups is 1. The first kappa shape index (κ1) is 12.4. The summed E-state index contributed by atoms with van der Waals surface area (Å²) in [6.45, 7) is 0.338. The second-order valence-corrected chi connectivity index (χ2v) is 1.64. The first-order valence-corrected chi connectivity index (χ1v) is 2.68. The van der Waals surface area contributed by atoms with Crippen molar-refractivity contribution in [1.82, 2.24) is 0 Å². The number of hydrogen-bond acceptors (Lipinski definition) is 3. The normalized spacial score (nSPS) is 11.8. The van der Waals surface area contributed by atoms with E-state index < -0.39 is 12.1 Å². The van der Waals surface area contributed by atoms with E-state index in [1.54, 1.807) is 0 Å². The topological polar surface area (TPSA) is 72.5 Å². The van der Waals surface area contributed by atoms with Crippen molar-refractivity contribution in [3.05, 3.63) is 0 Å². The summed E-state index contributed by atoms with van der Waals surface area (Å²) in [6, 6.07) is 0. The Morgan fingerprint density at radius 3 is 2.40 bits per heavy atom. The van der Waals surface area contributed by atoms with Gasteiger partial charge in [-0.05, 0) is 13.0 Å². The van der Waals surface area contributed by atoms with Crippen LogP contribution in [0.15, 0.2) is 0 Å². The molecule has 3 N–H and O–H groups in total. The molecule has 62 valence electrons. The highest BCUT2D eigenvalue weighted by atomic mass is 35.5. The number of methoxy groups -OCH3 is 1. The first-order valence-electron chi connectivity index (χ1n) is 2.68. The summed E-state index contributed by atoms with van der Waals surface area (Å²) in [5.74, 6) is -0.956. The number of hydrogen-bond donors (Lipinski definition) is 2. The molecule has 1 atom stereocenters. The molecule has 0 aromatic carbocycles. The molecule has 0 heterocycles. The molecule has 4 nitrogen and oxygen atoms in total. The summed E-state index contributed by atoms with van der Waals surface area (Å²) in [6.07, 6.45) is -0.374. The number of halogens is 1. The van der Waals surface area contributed by atoms with E-state index in [-0.39, 0.29) is 12.4 Å². The maximum Gasteiger partial charge on any atom is 0.332 e. The minimum Gasteiger partial charge on any atom is -0.479 e. The van der Waals surface area contributed by atoms with Crippen LogP contribution in [0.3, 0.4) is 0 Å². The molecule has 0 aromatic heterocycles. The minimum absolute atomic E-state index is 0. The Labute approximate surface area is 65.8 Å². The second-order valence-electron chi connectivity index (χ2n) is 1.64. The zero-order valence-corrected chi connectivity index (χ0v) is 6.56. The molecule has 5 heteroatoms. The van der Waals surface area contributed by atoms with Gasteiger partial charge in [-0.25, -0.2) is 4.79 Å². The smallest absolute Gasteiger partial charge is 0.332 e. The lowest BCUT2D eigenvalue weighted by Crippen LogP contribution is -2.25. The summed E-state index contributed by atoms with van der Waals surface area (Å²) in [5.41, 5.74) is 5.10. The predicted molar refractivity (Wildman–Crippen MR) is 39.4 cm³/mol. The molecule has 0 aromatic rings. The fourth-order valence-corrected chi connectivity index (χ4v) is 0.494. The van der Waals surface area contributed by atoms with Crippen molar-refractivity contribution >= 4 is 18.4 Å². The molecule has 0 aliphatic heterocycles. The van der Waals surface area contributed by atoms with Gasteiger partial charge in [0.15, 0.2) is 6.10 Å². The highest BCUT2D eigenvalue weighted by Gasteiger charge is 2.13. The van der Waals surface area contributed by atoms with E-state index in [2.05, 4.69) is 4.74 Å². The Bertz CT molecular complexity index is 98.9. The highest BCUT2D eigenvalue weighted by molar-refractivity contribution is 5.85. The summed E-state index contributed by atoms with van der Waals surface area (Å²) in [5, 5.41) is 8.32. The van der Waals surface area contributed by atoms with Gasteiger partial charge in [0.1, 0.15) is 0 Å². The highest BCUT2D eigenvalue weighted by Crippen LogP contribution is 1.93. The van der Waals surface area contributed by atoms with E-state index in [9.17, 15) is 4.79 Å². The SMILES string of the molecule is CO[C@H](CCN)C(=O)O.Cl. The Morgan fingerprint density at radius 1 is 1.80 bits per heavy atom. The van der Waals surface area contributed by atoms with Crippen molar-refractivity contribution in [2.24, 2.45) is 5.73 Å². The van der Waals surface area contributed by atoms with Gasteiger partial charge in [-0.15, -0.1) is 12.4 Å². The summed E-state index contributed by atoms with van der Waals surface area (Å²) >= 11 is 0. The lowest BCUT2D eigenvalue weighted by Gasteiger charge is -2.06. The number of carboxylic acid groups (broad SMARTS) is 1. The lowest BCUT2D eigenvalue weighted by atomic mass is 10.2. The minimum atomic E-state index is -0.956. The molecule has 0 aliphatic rings. The van der Waals surface area contributed by atoms with E-state index in [0.717, 1.165) is 0 Å². The fourth-order valence-electron chi connectivity index (χ4n) is 0.494. The van der Waals surface area contributed by atoms with Crippen molar-refractivity contribution in [3.8, 4) is 0 Å². The van der Waals surface area contributed by atoms with Gasteiger partial charge >= 0.3 is 5.97 Å². The molecule has 0 saturated carbocycles.